The Morgan fingerprint density at radius 1 is 1.05 bits per heavy atom. The maximum Gasteiger partial charge on any atom is -0.00134 e. The Hall–Kier alpha value is -0.0800. The minimum atomic E-state index is 0.771. The molecule has 1 N–H and O–H groups in total. The van der Waals surface area contributed by atoms with Crippen LogP contribution >= 0.6 is 0 Å². The van der Waals surface area contributed by atoms with E-state index in [9.17, 15) is 0 Å². The highest BCUT2D eigenvalue weighted by Crippen LogP contribution is 2.44. The van der Waals surface area contributed by atoms with Crippen molar-refractivity contribution in [1.82, 2.24) is 10.2 Å². The van der Waals surface area contributed by atoms with Gasteiger partial charge >= 0.3 is 0 Å². The van der Waals surface area contributed by atoms with Gasteiger partial charge in [0.05, 0.1) is 0 Å². The lowest BCUT2D eigenvalue weighted by Crippen LogP contribution is -2.42. The Balaban J connectivity index is 1.37. The molecule has 0 radical (unpaired) electrons. The molecule has 0 amide bonds. The molecular formula is C19H36N2. The molecule has 0 aromatic heterocycles. The van der Waals surface area contributed by atoms with E-state index < -0.39 is 0 Å². The van der Waals surface area contributed by atoms with Crippen LogP contribution in [-0.4, -0.2) is 37.6 Å². The summed E-state index contributed by atoms with van der Waals surface area (Å²) in [6.45, 7) is 9.13. The first-order valence-corrected chi connectivity index (χ1v) is 9.71. The van der Waals surface area contributed by atoms with Gasteiger partial charge in [0.1, 0.15) is 0 Å². The summed E-state index contributed by atoms with van der Waals surface area (Å²) in [6, 6.07) is 0. The summed E-state index contributed by atoms with van der Waals surface area (Å²) in [5.74, 6) is 1.84. The third-order valence-electron chi connectivity index (χ3n) is 6.87. The van der Waals surface area contributed by atoms with Gasteiger partial charge < -0.3 is 10.2 Å². The van der Waals surface area contributed by atoms with Gasteiger partial charge in [-0.05, 0) is 94.9 Å². The zero-order valence-electron chi connectivity index (χ0n) is 14.2. The molecular weight excluding hydrogens is 256 g/mol. The summed E-state index contributed by atoms with van der Waals surface area (Å²) in [7, 11) is 0. The molecule has 1 spiro atoms. The molecule has 2 saturated heterocycles. The summed E-state index contributed by atoms with van der Waals surface area (Å²) < 4.78 is 0. The second-order valence-corrected chi connectivity index (χ2v) is 8.27. The summed E-state index contributed by atoms with van der Waals surface area (Å²) in [5, 5.41) is 3.58. The van der Waals surface area contributed by atoms with Crippen molar-refractivity contribution >= 4 is 0 Å². The number of nitrogens with one attached hydrogen (secondary N) is 1. The number of rotatable bonds is 4. The SMILES string of the molecule is CC(CCN1CCC2(CCCCC2)CC1)C1CCCNC1. The van der Waals surface area contributed by atoms with Crippen LogP contribution in [0.3, 0.4) is 0 Å². The minimum absolute atomic E-state index is 0.771. The Labute approximate surface area is 132 Å². The summed E-state index contributed by atoms with van der Waals surface area (Å²) in [5.41, 5.74) is 0.771. The van der Waals surface area contributed by atoms with E-state index in [1.54, 1.807) is 0 Å². The highest BCUT2D eigenvalue weighted by Gasteiger charge is 2.35. The van der Waals surface area contributed by atoms with Crippen molar-refractivity contribution in [2.75, 3.05) is 32.7 Å². The van der Waals surface area contributed by atoms with Crippen molar-refractivity contribution in [3.63, 3.8) is 0 Å². The van der Waals surface area contributed by atoms with Crippen LogP contribution in [0.4, 0.5) is 0 Å². The van der Waals surface area contributed by atoms with Crippen LogP contribution in [0.5, 0.6) is 0 Å². The van der Waals surface area contributed by atoms with Gasteiger partial charge in [-0.3, -0.25) is 0 Å². The van der Waals surface area contributed by atoms with Crippen LogP contribution < -0.4 is 5.32 Å². The van der Waals surface area contributed by atoms with E-state index in [0.29, 0.717) is 0 Å². The average molecular weight is 293 g/mol. The van der Waals surface area contributed by atoms with Gasteiger partial charge in [-0.2, -0.15) is 0 Å². The Morgan fingerprint density at radius 2 is 1.81 bits per heavy atom. The molecule has 2 aliphatic heterocycles. The largest absolute Gasteiger partial charge is 0.316 e. The maximum atomic E-state index is 3.58. The zero-order valence-corrected chi connectivity index (χ0v) is 14.2. The van der Waals surface area contributed by atoms with Gasteiger partial charge in [-0.1, -0.05) is 26.2 Å². The predicted octanol–water partition coefficient (Wildman–Crippen LogP) is 4.06. The number of piperidine rings is 2. The van der Waals surface area contributed by atoms with Crippen LogP contribution in [0, 0.1) is 17.3 Å². The van der Waals surface area contributed by atoms with E-state index in [1.165, 1.54) is 96.9 Å². The molecule has 0 bridgehead atoms. The summed E-state index contributed by atoms with van der Waals surface area (Å²) in [6.07, 6.45) is 14.8. The molecule has 2 nitrogen and oxygen atoms in total. The Bertz CT molecular complexity index is 293. The van der Waals surface area contributed by atoms with Crippen LogP contribution in [0.1, 0.15) is 71.1 Å². The first kappa shape index (κ1) is 15.8. The van der Waals surface area contributed by atoms with Gasteiger partial charge in [0.15, 0.2) is 0 Å². The van der Waals surface area contributed by atoms with Gasteiger partial charge in [0.25, 0.3) is 0 Å². The van der Waals surface area contributed by atoms with Gasteiger partial charge in [-0.15, -0.1) is 0 Å². The van der Waals surface area contributed by atoms with Gasteiger partial charge in [0, 0.05) is 0 Å². The second kappa shape index (κ2) is 7.46. The van der Waals surface area contributed by atoms with E-state index in [1.807, 2.05) is 0 Å². The third-order valence-corrected chi connectivity index (χ3v) is 6.87. The topological polar surface area (TPSA) is 15.3 Å². The zero-order chi connectivity index (χ0) is 14.5. The molecule has 1 aliphatic carbocycles. The minimum Gasteiger partial charge on any atom is -0.316 e. The first-order chi connectivity index (χ1) is 10.3. The molecule has 122 valence electrons. The number of likely N-dealkylation sites (tertiary alicyclic amines) is 1. The quantitative estimate of drug-likeness (QED) is 0.840. The van der Waals surface area contributed by atoms with Crippen molar-refractivity contribution in [2.24, 2.45) is 17.3 Å². The Morgan fingerprint density at radius 3 is 2.48 bits per heavy atom. The normalized spacial score (nSPS) is 32.1. The van der Waals surface area contributed by atoms with Crippen LogP contribution in [-0.2, 0) is 0 Å². The fourth-order valence-corrected chi connectivity index (χ4v) is 5.04. The average Bonchev–Trinajstić information content (AvgIpc) is 2.56. The Kier molecular flexibility index (Phi) is 5.61. The molecule has 0 aromatic carbocycles. The second-order valence-electron chi connectivity index (χ2n) is 8.27. The molecule has 1 saturated carbocycles. The highest BCUT2D eigenvalue weighted by molar-refractivity contribution is 4.88. The molecule has 21 heavy (non-hydrogen) atoms. The van der Waals surface area contributed by atoms with Crippen molar-refractivity contribution in [2.45, 2.75) is 71.1 Å². The number of nitrogens with zero attached hydrogens (tertiary/aromatic N) is 1. The summed E-state index contributed by atoms with van der Waals surface area (Å²) in [4.78, 5) is 2.77. The number of hydrogen-bond acceptors (Lipinski definition) is 2. The first-order valence-electron chi connectivity index (χ1n) is 9.71. The lowest BCUT2D eigenvalue weighted by atomic mass is 9.68. The summed E-state index contributed by atoms with van der Waals surface area (Å²) >= 11 is 0. The molecule has 0 aromatic rings. The van der Waals surface area contributed by atoms with Crippen molar-refractivity contribution in [3.05, 3.63) is 0 Å². The molecule has 3 fully saturated rings. The van der Waals surface area contributed by atoms with E-state index in [2.05, 4.69) is 17.1 Å². The third kappa shape index (κ3) is 4.22. The van der Waals surface area contributed by atoms with Crippen molar-refractivity contribution in [3.8, 4) is 0 Å². The maximum absolute atomic E-state index is 3.58. The van der Waals surface area contributed by atoms with Gasteiger partial charge in [-0.25, -0.2) is 0 Å². The monoisotopic (exact) mass is 292 g/mol. The highest BCUT2D eigenvalue weighted by atomic mass is 15.1. The standard InChI is InChI=1S/C19H36N2/c1-17(18-6-5-12-20-16-18)7-13-21-14-10-19(11-15-21)8-3-2-4-9-19/h17-18,20H,2-16H2,1H3. The lowest BCUT2D eigenvalue weighted by molar-refractivity contribution is 0.0632. The molecule has 3 rings (SSSR count). The van der Waals surface area contributed by atoms with E-state index >= 15 is 0 Å². The molecule has 2 atom stereocenters. The smallest absolute Gasteiger partial charge is 0.00134 e. The van der Waals surface area contributed by atoms with E-state index in [-0.39, 0.29) is 0 Å². The molecule has 3 aliphatic rings. The molecule has 2 heterocycles. The lowest BCUT2D eigenvalue weighted by Gasteiger charge is -2.44. The molecule has 2 unspecified atom stereocenters. The number of hydrogen-bond donors (Lipinski definition) is 1. The van der Waals surface area contributed by atoms with Crippen LogP contribution in [0.2, 0.25) is 0 Å². The van der Waals surface area contributed by atoms with E-state index in [4.69, 9.17) is 0 Å². The fraction of sp³-hybridized carbons (Fsp3) is 1.00. The van der Waals surface area contributed by atoms with Crippen LogP contribution in [0.25, 0.3) is 0 Å². The van der Waals surface area contributed by atoms with Crippen molar-refractivity contribution < 1.29 is 0 Å². The predicted molar refractivity (Wildman–Crippen MR) is 90.6 cm³/mol. The van der Waals surface area contributed by atoms with Crippen LogP contribution in [0.15, 0.2) is 0 Å². The molecule has 2 heteroatoms. The fourth-order valence-electron chi connectivity index (χ4n) is 5.04. The van der Waals surface area contributed by atoms with E-state index in [0.717, 1.165) is 17.3 Å². The van der Waals surface area contributed by atoms with Crippen molar-refractivity contribution in [1.29, 1.82) is 0 Å². The van der Waals surface area contributed by atoms with Gasteiger partial charge in [0.2, 0.25) is 0 Å².